The molecule has 0 bridgehead atoms. The molecule has 0 aromatic heterocycles. The third kappa shape index (κ3) is 7.31. The molecule has 0 radical (unpaired) electrons. The summed E-state index contributed by atoms with van der Waals surface area (Å²) in [5, 5.41) is 0. The predicted octanol–water partition coefficient (Wildman–Crippen LogP) is 1.46. The fourth-order valence-corrected chi connectivity index (χ4v) is 2.45. The third-order valence-electron chi connectivity index (χ3n) is 3.62. The third-order valence-corrected chi connectivity index (χ3v) is 3.62. The topological polar surface area (TPSA) is 24.9 Å². The van der Waals surface area contributed by atoms with Gasteiger partial charge >= 0.3 is 0 Å². The lowest BCUT2D eigenvalue weighted by Crippen LogP contribution is -2.23. The molecule has 2 fully saturated rings. The zero-order valence-electron chi connectivity index (χ0n) is 12.2. The molecule has 0 atom stereocenters. The SMILES string of the molecule is COCCN1CCCC1.COCCN1CCCC1. The van der Waals surface area contributed by atoms with Gasteiger partial charge < -0.3 is 19.3 Å². The minimum atomic E-state index is 0.889. The summed E-state index contributed by atoms with van der Waals surface area (Å²) in [4.78, 5) is 4.90. The summed E-state index contributed by atoms with van der Waals surface area (Å²) in [6.45, 7) is 9.15. The molecule has 0 unspecified atom stereocenters. The molecule has 0 aliphatic carbocycles. The first-order valence-corrected chi connectivity index (χ1v) is 7.29. The van der Waals surface area contributed by atoms with Crippen molar-refractivity contribution in [3.05, 3.63) is 0 Å². The summed E-state index contributed by atoms with van der Waals surface area (Å²) in [6.07, 6.45) is 5.51. The van der Waals surface area contributed by atoms with E-state index in [1.54, 1.807) is 14.2 Å². The van der Waals surface area contributed by atoms with Crippen LogP contribution in [0.15, 0.2) is 0 Å². The highest BCUT2D eigenvalue weighted by Gasteiger charge is 2.10. The van der Waals surface area contributed by atoms with E-state index in [0.29, 0.717) is 0 Å². The number of hydrogen-bond donors (Lipinski definition) is 0. The van der Waals surface area contributed by atoms with Crippen LogP contribution in [0.1, 0.15) is 25.7 Å². The second kappa shape index (κ2) is 10.7. The lowest BCUT2D eigenvalue weighted by atomic mass is 10.4. The highest BCUT2D eigenvalue weighted by Crippen LogP contribution is 2.06. The van der Waals surface area contributed by atoms with Crippen LogP contribution in [0, 0.1) is 0 Å². The Balaban J connectivity index is 0.000000180. The Morgan fingerprint density at radius 3 is 1.28 bits per heavy atom. The van der Waals surface area contributed by atoms with E-state index in [1.165, 1.54) is 51.9 Å². The minimum Gasteiger partial charge on any atom is -0.383 e. The molecular weight excluding hydrogens is 228 g/mol. The van der Waals surface area contributed by atoms with Gasteiger partial charge in [0.05, 0.1) is 13.2 Å². The van der Waals surface area contributed by atoms with Crippen LogP contribution in [0.5, 0.6) is 0 Å². The van der Waals surface area contributed by atoms with Crippen molar-refractivity contribution in [1.29, 1.82) is 0 Å². The van der Waals surface area contributed by atoms with E-state index < -0.39 is 0 Å². The summed E-state index contributed by atoms with van der Waals surface area (Å²) >= 11 is 0. The van der Waals surface area contributed by atoms with Crippen molar-refractivity contribution in [2.24, 2.45) is 0 Å². The average Bonchev–Trinajstić information content (AvgIpc) is 3.07. The minimum absolute atomic E-state index is 0.889. The Morgan fingerprint density at radius 1 is 0.667 bits per heavy atom. The largest absolute Gasteiger partial charge is 0.383 e. The molecule has 2 aliphatic heterocycles. The number of ether oxygens (including phenoxy) is 2. The number of hydrogen-bond acceptors (Lipinski definition) is 4. The van der Waals surface area contributed by atoms with Crippen LogP contribution in [0.3, 0.4) is 0 Å². The summed E-state index contributed by atoms with van der Waals surface area (Å²) in [7, 11) is 3.52. The van der Waals surface area contributed by atoms with Gasteiger partial charge in [0.25, 0.3) is 0 Å². The van der Waals surface area contributed by atoms with Gasteiger partial charge in [-0.2, -0.15) is 0 Å². The van der Waals surface area contributed by atoms with E-state index in [2.05, 4.69) is 9.80 Å². The van der Waals surface area contributed by atoms with E-state index in [0.717, 1.165) is 26.3 Å². The molecule has 2 aliphatic rings. The van der Waals surface area contributed by atoms with E-state index in [-0.39, 0.29) is 0 Å². The van der Waals surface area contributed by atoms with Crippen molar-refractivity contribution >= 4 is 0 Å². The summed E-state index contributed by atoms with van der Waals surface area (Å²) in [5.74, 6) is 0. The Hall–Kier alpha value is -0.160. The van der Waals surface area contributed by atoms with Crippen LogP contribution >= 0.6 is 0 Å². The first kappa shape index (κ1) is 15.9. The lowest BCUT2D eigenvalue weighted by molar-refractivity contribution is 0.161. The van der Waals surface area contributed by atoms with Gasteiger partial charge in [-0.15, -0.1) is 0 Å². The molecule has 4 heteroatoms. The molecule has 4 nitrogen and oxygen atoms in total. The maximum absolute atomic E-state index is 4.96. The summed E-state index contributed by atoms with van der Waals surface area (Å²) in [5.41, 5.74) is 0. The monoisotopic (exact) mass is 258 g/mol. The van der Waals surface area contributed by atoms with Gasteiger partial charge in [-0.25, -0.2) is 0 Å². The Morgan fingerprint density at radius 2 is 1.00 bits per heavy atom. The van der Waals surface area contributed by atoms with E-state index >= 15 is 0 Å². The Bertz CT molecular complexity index is 159. The first-order chi connectivity index (χ1) is 8.86. The van der Waals surface area contributed by atoms with Crippen LogP contribution < -0.4 is 0 Å². The van der Waals surface area contributed by atoms with Gasteiger partial charge in [0.15, 0.2) is 0 Å². The predicted molar refractivity (Wildman–Crippen MR) is 75.1 cm³/mol. The summed E-state index contributed by atoms with van der Waals surface area (Å²) < 4.78 is 9.92. The molecule has 2 saturated heterocycles. The molecule has 0 N–H and O–H groups in total. The highest BCUT2D eigenvalue weighted by atomic mass is 16.5. The number of rotatable bonds is 6. The van der Waals surface area contributed by atoms with Crippen LogP contribution in [-0.4, -0.2) is 76.5 Å². The van der Waals surface area contributed by atoms with Crippen molar-refractivity contribution in [3.63, 3.8) is 0 Å². The molecule has 0 aromatic carbocycles. The normalized spacial score (nSPS) is 21.0. The first-order valence-electron chi connectivity index (χ1n) is 7.29. The van der Waals surface area contributed by atoms with Gasteiger partial charge in [-0.1, -0.05) is 0 Å². The van der Waals surface area contributed by atoms with Crippen molar-refractivity contribution in [3.8, 4) is 0 Å². The average molecular weight is 258 g/mol. The Kier molecular flexibility index (Phi) is 9.48. The maximum atomic E-state index is 4.96. The van der Waals surface area contributed by atoms with Crippen molar-refractivity contribution in [2.45, 2.75) is 25.7 Å². The second-order valence-electron chi connectivity index (χ2n) is 5.08. The van der Waals surface area contributed by atoms with E-state index in [9.17, 15) is 0 Å². The van der Waals surface area contributed by atoms with Crippen LogP contribution in [0.4, 0.5) is 0 Å². The highest BCUT2D eigenvalue weighted by molar-refractivity contribution is 4.65. The van der Waals surface area contributed by atoms with Gasteiger partial charge in [0, 0.05) is 27.3 Å². The Labute approximate surface area is 112 Å². The molecule has 0 spiro atoms. The smallest absolute Gasteiger partial charge is 0.0589 e. The number of nitrogens with zero attached hydrogens (tertiary/aromatic N) is 2. The van der Waals surface area contributed by atoms with Crippen molar-refractivity contribution < 1.29 is 9.47 Å². The summed E-state index contributed by atoms with van der Waals surface area (Å²) in [6, 6.07) is 0. The van der Waals surface area contributed by atoms with E-state index in [4.69, 9.17) is 9.47 Å². The molecule has 0 amide bonds. The van der Waals surface area contributed by atoms with Gasteiger partial charge in [-0.3, -0.25) is 0 Å². The number of likely N-dealkylation sites (tertiary alicyclic amines) is 2. The zero-order chi connectivity index (χ0) is 13.1. The quantitative estimate of drug-likeness (QED) is 0.720. The van der Waals surface area contributed by atoms with Crippen molar-refractivity contribution in [1.82, 2.24) is 9.80 Å². The standard InChI is InChI=1S/2C7H15NO/c2*1-9-7-6-8-4-2-3-5-8/h2*2-7H2,1H3. The fraction of sp³-hybridized carbons (Fsp3) is 1.00. The fourth-order valence-electron chi connectivity index (χ4n) is 2.45. The van der Waals surface area contributed by atoms with Gasteiger partial charge in [0.1, 0.15) is 0 Å². The molecule has 2 rings (SSSR count). The van der Waals surface area contributed by atoms with Gasteiger partial charge in [0.2, 0.25) is 0 Å². The molecular formula is C14H30N2O2. The number of methoxy groups -OCH3 is 2. The molecule has 108 valence electrons. The molecule has 2 heterocycles. The van der Waals surface area contributed by atoms with Crippen LogP contribution in [0.2, 0.25) is 0 Å². The molecule has 0 aromatic rings. The van der Waals surface area contributed by atoms with E-state index in [1.807, 2.05) is 0 Å². The second-order valence-corrected chi connectivity index (χ2v) is 5.08. The maximum Gasteiger partial charge on any atom is 0.0589 e. The zero-order valence-corrected chi connectivity index (χ0v) is 12.2. The van der Waals surface area contributed by atoms with Gasteiger partial charge in [-0.05, 0) is 51.9 Å². The van der Waals surface area contributed by atoms with Crippen LogP contribution in [0.25, 0.3) is 0 Å². The molecule has 18 heavy (non-hydrogen) atoms. The van der Waals surface area contributed by atoms with Crippen molar-refractivity contribution in [2.75, 3.05) is 66.7 Å². The lowest BCUT2D eigenvalue weighted by Gasteiger charge is -2.12. The van der Waals surface area contributed by atoms with Crippen LogP contribution in [-0.2, 0) is 9.47 Å². The molecule has 0 saturated carbocycles.